The molecule has 24 heavy (non-hydrogen) atoms. The van der Waals surface area contributed by atoms with Gasteiger partial charge in [-0.15, -0.1) is 11.3 Å². The van der Waals surface area contributed by atoms with Gasteiger partial charge in [-0.1, -0.05) is 6.07 Å². The number of hydrogen-bond donors (Lipinski definition) is 2. The number of aromatic nitrogens is 3. The molecule has 0 spiro atoms. The fourth-order valence-corrected chi connectivity index (χ4v) is 4.32. The van der Waals surface area contributed by atoms with Gasteiger partial charge in [-0.25, -0.2) is 4.98 Å². The smallest absolute Gasteiger partial charge is 0.181 e. The number of aromatic amines is 1. The molecule has 1 fully saturated rings. The maximum absolute atomic E-state index is 4.44. The highest BCUT2D eigenvalue weighted by molar-refractivity contribution is 7.10. The van der Waals surface area contributed by atoms with E-state index in [4.69, 9.17) is 0 Å². The van der Waals surface area contributed by atoms with Crippen LogP contribution in [-0.4, -0.2) is 39.7 Å². The van der Waals surface area contributed by atoms with E-state index in [1.807, 2.05) is 24.5 Å². The van der Waals surface area contributed by atoms with Crippen molar-refractivity contribution in [3.8, 4) is 0 Å². The second-order valence-electron chi connectivity index (χ2n) is 6.47. The largest absolute Gasteiger partial charge is 0.311 e. The van der Waals surface area contributed by atoms with Crippen molar-refractivity contribution in [2.75, 3.05) is 19.6 Å². The number of pyridine rings is 1. The normalized spacial score (nSPS) is 16.9. The Morgan fingerprint density at radius 2 is 2.25 bits per heavy atom. The van der Waals surface area contributed by atoms with E-state index in [0.717, 1.165) is 29.8 Å². The molecular weight excluding hydrogens is 318 g/mol. The minimum atomic E-state index is 0.486. The van der Waals surface area contributed by atoms with Crippen molar-refractivity contribution in [1.29, 1.82) is 0 Å². The topological polar surface area (TPSA) is 56.8 Å². The zero-order chi connectivity index (χ0) is 16.4. The Balaban J connectivity index is 1.42. The van der Waals surface area contributed by atoms with Gasteiger partial charge in [0.2, 0.25) is 0 Å². The van der Waals surface area contributed by atoms with Crippen LogP contribution >= 0.6 is 11.3 Å². The molecule has 0 aliphatic carbocycles. The molecule has 1 aliphatic rings. The third kappa shape index (κ3) is 3.22. The van der Waals surface area contributed by atoms with E-state index < -0.39 is 0 Å². The van der Waals surface area contributed by atoms with Gasteiger partial charge in [0.05, 0.1) is 6.04 Å². The molecule has 5 nitrogen and oxygen atoms in total. The molecule has 3 aromatic heterocycles. The summed E-state index contributed by atoms with van der Waals surface area (Å²) in [7, 11) is 0. The number of nitrogens with zero attached hydrogens (tertiary/aromatic N) is 3. The number of fused-ring (bicyclic) bond motifs is 1. The molecule has 2 N–H and O–H groups in total. The van der Waals surface area contributed by atoms with Gasteiger partial charge in [-0.3, -0.25) is 10.00 Å². The first-order valence-electron chi connectivity index (χ1n) is 8.59. The summed E-state index contributed by atoms with van der Waals surface area (Å²) in [5.41, 5.74) is 3.08. The Kier molecular flexibility index (Phi) is 4.60. The van der Waals surface area contributed by atoms with Crippen LogP contribution in [0.3, 0.4) is 0 Å². The molecule has 0 saturated carbocycles. The van der Waals surface area contributed by atoms with Crippen LogP contribution in [0.5, 0.6) is 0 Å². The molecular formula is C18H23N5S. The summed E-state index contributed by atoms with van der Waals surface area (Å²) in [5, 5.41) is 14.1. The van der Waals surface area contributed by atoms with E-state index in [1.54, 1.807) is 0 Å². The Labute approximate surface area is 146 Å². The molecule has 0 bridgehead atoms. The lowest BCUT2D eigenvalue weighted by molar-refractivity contribution is 0.242. The second-order valence-corrected chi connectivity index (χ2v) is 7.45. The highest BCUT2D eigenvalue weighted by Gasteiger charge is 2.23. The highest BCUT2D eigenvalue weighted by atomic mass is 32.1. The molecule has 0 radical (unpaired) electrons. The van der Waals surface area contributed by atoms with Crippen molar-refractivity contribution in [3.63, 3.8) is 0 Å². The number of rotatable bonds is 6. The van der Waals surface area contributed by atoms with E-state index in [0.29, 0.717) is 6.04 Å². The molecule has 1 unspecified atom stereocenters. The summed E-state index contributed by atoms with van der Waals surface area (Å²) in [6.45, 7) is 6.28. The van der Waals surface area contributed by atoms with Crippen LogP contribution in [0.2, 0.25) is 0 Å². The molecule has 1 saturated heterocycles. The third-order valence-corrected chi connectivity index (χ3v) is 5.75. The fraction of sp³-hybridized carbons (Fsp3) is 0.444. The summed E-state index contributed by atoms with van der Waals surface area (Å²) in [6, 6.07) is 7.09. The summed E-state index contributed by atoms with van der Waals surface area (Å²) in [6.07, 6.45) is 4.57. The summed E-state index contributed by atoms with van der Waals surface area (Å²) < 4.78 is 0. The predicted molar refractivity (Wildman–Crippen MR) is 98.2 cm³/mol. The van der Waals surface area contributed by atoms with Gasteiger partial charge in [-0.05, 0) is 55.9 Å². The lowest BCUT2D eigenvalue weighted by Gasteiger charge is -2.27. The van der Waals surface area contributed by atoms with E-state index in [2.05, 4.69) is 49.0 Å². The SMILES string of the molecule is Cc1[nH]nc2ncc(CNCC(c3cccs3)N3CCCC3)cc12. The van der Waals surface area contributed by atoms with Crippen LogP contribution in [0.1, 0.15) is 35.0 Å². The standard InChI is InChI=1S/C18H23N5S/c1-13-15-9-14(11-20-18(15)22-21-13)10-19-12-16(17-5-4-8-24-17)23-6-2-3-7-23/h4-5,8-9,11,16,19H,2-3,6-7,10,12H2,1H3,(H,20,21,22). The lowest BCUT2D eigenvalue weighted by atomic mass is 10.2. The Bertz CT molecular complexity index is 789. The third-order valence-electron chi connectivity index (χ3n) is 4.78. The summed E-state index contributed by atoms with van der Waals surface area (Å²) in [4.78, 5) is 8.51. The van der Waals surface area contributed by atoms with Gasteiger partial charge in [-0.2, -0.15) is 5.10 Å². The predicted octanol–water partition coefficient (Wildman–Crippen LogP) is 3.25. The average Bonchev–Trinajstić information content (AvgIpc) is 3.35. The van der Waals surface area contributed by atoms with Crippen molar-refractivity contribution in [2.24, 2.45) is 0 Å². The van der Waals surface area contributed by atoms with Gasteiger partial charge >= 0.3 is 0 Å². The van der Waals surface area contributed by atoms with E-state index in [-0.39, 0.29) is 0 Å². The van der Waals surface area contributed by atoms with Crippen LogP contribution in [-0.2, 0) is 6.54 Å². The molecule has 6 heteroatoms. The van der Waals surface area contributed by atoms with Crippen molar-refractivity contribution in [1.82, 2.24) is 25.4 Å². The number of thiophene rings is 1. The molecule has 0 aromatic carbocycles. The van der Waals surface area contributed by atoms with Crippen LogP contribution in [0.4, 0.5) is 0 Å². The van der Waals surface area contributed by atoms with Crippen molar-refractivity contribution < 1.29 is 0 Å². The fourth-order valence-electron chi connectivity index (χ4n) is 3.46. The zero-order valence-corrected chi connectivity index (χ0v) is 14.8. The molecule has 1 atom stereocenters. The maximum Gasteiger partial charge on any atom is 0.181 e. The zero-order valence-electron chi connectivity index (χ0n) is 14.0. The Morgan fingerprint density at radius 3 is 3.04 bits per heavy atom. The van der Waals surface area contributed by atoms with Crippen molar-refractivity contribution in [3.05, 3.63) is 45.9 Å². The van der Waals surface area contributed by atoms with Gasteiger partial charge in [0.1, 0.15) is 0 Å². The molecule has 1 aliphatic heterocycles. The van der Waals surface area contributed by atoms with Gasteiger partial charge in [0.15, 0.2) is 5.65 Å². The molecule has 3 aromatic rings. The van der Waals surface area contributed by atoms with Crippen molar-refractivity contribution in [2.45, 2.75) is 32.4 Å². The average molecular weight is 341 g/mol. The molecule has 4 rings (SSSR count). The lowest BCUT2D eigenvalue weighted by Crippen LogP contribution is -2.33. The number of aryl methyl sites for hydroxylation is 1. The van der Waals surface area contributed by atoms with Crippen LogP contribution < -0.4 is 5.32 Å². The minimum absolute atomic E-state index is 0.486. The first-order valence-corrected chi connectivity index (χ1v) is 9.47. The second kappa shape index (κ2) is 7.01. The van der Waals surface area contributed by atoms with Crippen LogP contribution in [0, 0.1) is 6.92 Å². The number of H-pyrrole nitrogens is 1. The van der Waals surface area contributed by atoms with E-state index >= 15 is 0 Å². The van der Waals surface area contributed by atoms with E-state index in [1.165, 1.54) is 36.4 Å². The van der Waals surface area contributed by atoms with Crippen LogP contribution in [0.25, 0.3) is 11.0 Å². The first-order chi connectivity index (χ1) is 11.8. The Hall–Kier alpha value is -1.76. The monoisotopic (exact) mass is 341 g/mol. The first kappa shape index (κ1) is 15.7. The molecule has 4 heterocycles. The van der Waals surface area contributed by atoms with Gasteiger partial charge in [0, 0.05) is 35.2 Å². The number of nitrogens with one attached hydrogen (secondary N) is 2. The van der Waals surface area contributed by atoms with E-state index in [9.17, 15) is 0 Å². The minimum Gasteiger partial charge on any atom is -0.311 e. The maximum atomic E-state index is 4.44. The quantitative estimate of drug-likeness (QED) is 0.722. The summed E-state index contributed by atoms with van der Waals surface area (Å²) >= 11 is 1.86. The van der Waals surface area contributed by atoms with Crippen molar-refractivity contribution >= 4 is 22.4 Å². The highest BCUT2D eigenvalue weighted by Crippen LogP contribution is 2.28. The van der Waals surface area contributed by atoms with Crippen LogP contribution in [0.15, 0.2) is 29.8 Å². The molecule has 0 amide bonds. The Morgan fingerprint density at radius 1 is 1.38 bits per heavy atom. The number of likely N-dealkylation sites (tertiary alicyclic amines) is 1. The molecule has 126 valence electrons. The van der Waals surface area contributed by atoms with Gasteiger partial charge < -0.3 is 5.32 Å². The summed E-state index contributed by atoms with van der Waals surface area (Å²) in [5.74, 6) is 0. The number of hydrogen-bond acceptors (Lipinski definition) is 5. The van der Waals surface area contributed by atoms with Gasteiger partial charge in [0.25, 0.3) is 0 Å².